The maximum atomic E-state index is 12.8. The number of para-hydroxylation sites is 1. The topological polar surface area (TPSA) is 74.4 Å². The van der Waals surface area contributed by atoms with E-state index >= 15 is 0 Å². The number of H-pyrrole nitrogens is 1. The summed E-state index contributed by atoms with van der Waals surface area (Å²) < 4.78 is 5.55. The van der Waals surface area contributed by atoms with E-state index in [-0.39, 0.29) is 23.8 Å². The Morgan fingerprint density at radius 2 is 2.12 bits per heavy atom. The van der Waals surface area contributed by atoms with Crippen LogP contribution < -0.4 is 5.32 Å². The molecule has 6 heteroatoms. The first-order chi connectivity index (χ1) is 12.7. The lowest BCUT2D eigenvalue weighted by molar-refractivity contribution is -0.126. The number of likely N-dealkylation sites (tertiary alicyclic amines) is 1. The van der Waals surface area contributed by atoms with E-state index in [0.717, 1.165) is 43.2 Å². The summed E-state index contributed by atoms with van der Waals surface area (Å²) in [6.45, 7) is 2.54. The maximum Gasteiger partial charge on any atom is 0.270 e. The largest absolute Gasteiger partial charge is 0.376 e. The highest BCUT2D eigenvalue weighted by Gasteiger charge is 2.30. The number of nitrogens with one attached hydrogen (secondary N) is 2. The van der Waals surface area contributed by atoms with Crippen molar-refractivity contribution >= 4 is 22.7 Å². The minimum absolute atomic E-state index is 0.0298. The van der Waals surface area contributed by atoms with Crippen LogP contribution in [0.2, 0.25) is 0 Å². The molecule has 1 aromatic carbocycles. The van der Waals surface area contributed by atoms with E-state index in [1.54, 1.807) is 4.90 Å². The summed E-state index contributed by atoms with van der Waals surface area (Å²) in [6.07, 6.45) is 3.90. The Bertz CT molecular complexity index is 761. The first-order valence-electron chi connectivity index (χ1n) is 9.47. The number of amides is 2. The van der Waals surface area contributed by atoms with Crippen molar-refractivity contribution in [1.82, 2.24) is 15.2 Å². The van der Waals surface area contributed by atoms with Gasteiger partial charge in [0.1, 0.15) is 5.69 Å². The molecule has 0 saturated carbocycles. The minimum atomic E-state index is -0.140. The fourth-order valence-corrected chi connectivity index (χ4v) is 3.90. The van der Waals surface area contributed by atoms with Crippen LogP contribution in [0.4, 0.5) is 0 Å². The van der Waals surface area contributed by atoms with Crippen LogP contribution in [0.25, 0.3) is 10.9 Å². The summed E-state index contributed by atoms with van der Waals surface area (Å²) in [7, 11) is 0. The molecule has 2 atom stereocenters. The van der Waals surface area contributed by atoms with Crippen molar-refractivity contribution in [3.8, 4) is 0 Å². The Balaban J connectivity index is 1.37. The highest BCUT2D eigenvalue weighted by atomic mass is 16.5. The van der Waals surface area contributed by atoms with Crippen molar-refractivity contribution in [2.75, 3.05) is 26.2 Å². The second-order valence-corrected chi connectivity index (χ2v) is 7.24. The number of benzene rings is 1. The molecule has 138 valence electrons. The normalized spacial score (nSPS) is 23.3. The number of nitrogens with zero attached hydrogens (tertiary/aromatic N) is 1. The molecule has 3 heterocycles. The molecule has 2 aliphatic rings. The summed E-state index contributed by atoms with van der Waals surface area (Å²) in [4.78, 5) is 30.3. The predicted molar refractivity (Wildman–Crippen MR) is 98.9 cm³/mol. The van der Waals surface area contributed by atoms with E-state index in [2.05, 4.69) is 10.3 Å². The van der Waals surface area contributed by atoms with Crippen molar-refractivity contribution in [2.24, 2.45) is 5.92 Å². The number of hydrogen-bond donors (Lipinski definition) is 2. The van der Waals surface area contributed by atoms with E-state index in [1.807, 2.05) is 30.3 Å². The van der Waals surface area contributed by atoms with E-state index in [0.29, 0.717) is 25.3 Å². The average molecular weight is 355 g/mol. The van der Waals surface area contributed by atoms with Crippen molar-refractivity contribution in [3.63, 3.8) is 0 Å². The quantitative estimate of drug-likeness (QED) is 0.884. The highest BCUT2D eigenvalue weighted by molar-refractivity contribution is 5.98. The summed E-state index contributed by atoms with van der Waals surface area (Å²) in [5.74, 6) is -0.133. The van der Waals surface area contributed by atoms with E-state index in [1.165, 1.54) is 0 Å². The van der Waals surface area contributed by atoms with Crippen molar-refractivity contribution in [3.05, 3.63) is 36.0 Å². The van der Waals surface area contributed by atoms with Crippen LogP contribution in [0.3, 0.4) is 0 Å². The maximum absolute atomic E-state index is 12.8. The van der Waals surface area contributed by atoms with Crippen LogP contribution in [-0.4, -0.2) is 54.0 Å². The van der Waals surface area contributed by atoms with Gasteiger partial charge in [0.15, 0.2) is 0 Å². The molecule has 6 nitrogen and oxygen atoms in total. The lowest BCUT2D eigenvalue weighted by Crippen LogP contribution is -2.46. The van der Waals surface area contributed by atoms with Gasteiger partial charge in [-0.2, -0.15) is 0 Å². The zero-order valence-corrected chi connectivity index (χ0v) is 14.9. The average Bonchev–Trinajstić information content (AvgIpc) is 3.35. The van der Waals surface area contributed by atoms with Crippen LogP contribution in [-0.2, 0) is 9.53 Å². The molecule has 0 radical (unpaired) electrons. The zero-order chi connectivity index (χ0) is 17.9. The van der Waals surface area contributed by atoms with E-state index in [4.69, 9.17) is 4.74 Å². The molecule has 26 heavy (non-hydrogen) atoms. The third kappa shape index (κ3) is 3.60. The Labute approximate surface area is 152 Å². The van der Waals surface area contributed by atoms with Crippen molar-refractivity contribution in [1.29, 1.82) is 0 Å². The van der Waals surface area contributed by atoms with Gasteiger partial charge in [0.2, 0.25) is 5.91 Å². The number of rotatable bonds is 4. The summed E-state index contributed by atoms with van der Waals surface area (Å²) in [5.41, 5.74) is 1.55. The van der Waals surface area contributed by atoms with Crippen LogP contribution in [0.5, 0.6) is 0 Å². The molecule has 2 N–H and O–H groups in total. The van der Waals surface area contributed by atoms with Gasteiger partial charge in [-0.1, -0.05) is 18.2 Å². The summed E-state index contributed by atoms with van der Waals surface area (Å²) >= 11 is 0. The second kappa shape index (κ2) is 7.50. The van der Waals surface area contributed by atoms with Gasteiger partial charge >= 0.3 is 0 Å². The number of carbonyl (C=O) groups excluding carboxylic acids is 2. The standard InChI is InChI=1S/C20H25N3O3/c24-19(21-12-16-7-4-10-26-16)15-6-3-9-23(13-15)20(25)18-11-14-5-1-2-8-17(14)22-18/h1-2,5,8,11,15-16,22H,3-4,6-7,9-10,12-13H2,(H,21,24)/t15-,16+/m0/s1. The molecule has 4 rings (SSSR count). The minimum Gasteiger partial charge on any atom is -0.376 e. The lowest BCUT2D eigenvalue weighted by atomic mass is 9.96. The fourth-order valence-electron chi connectivity index (χ4n) is 3.90. The SMILES string of the molecule is O=C(NC[C@H]1CCCO1)[C@H]1CCCN(C(=O)c2cc3ccccc3[nH]2)C1. The molecule has 0 spiro atoms. The first kappa shape index (κ1) is 17.1. The fraction of sp³-hybridized carbons (Fsp3) is 0.500. The van der Waals surface area contributed by atoms with Gasteiger partial charge < -0.3 is 19.9 Å². The molecule has 2 saturated heterocycles. The smallest absolute Gasteiger partial charge is 0.270 e. The third-order valence-corrected chi connectivity index (χ3v) is 5.37. The number of piperidine rings is 1. The molecule has 2 fully saturated rings. The number of hydrogen-bond acceptors (Lipinski definition) is 3. The van der Waals surface area contributed by atoms with Gasteiger partial charge in [0.05, 0.1) is 12.0 Å². The van der Waals surface area contributed by atoms with Gasteiger partial charge in [-0.15, -0.1) is 0 Å². The molecule has 0 unspecified atom stereocenters. The molecule has 2 amide bonds. The van der Waals surface area contributed by atoms with Crippen molar-refractivity contribution < 1.29 is 14.3 Å². The third-order valence-electron chi connectivity index (χ3n) is 5.37. The molecule has 2 aliphatic heterocycles. The number of fused-ring (bicyclic) bond motifs is 1. The number of aromatic amines is 1. The van der Waals surface area contributed by atoms with Crippen LogP contribution >= 0.6 is 0 Å². The van der Waals surface area contributed by atoms with Crippen LogP contribution in [0.1, 0.15) is 36.2 Å². The van der Waals surface area contributed by atoms with Gasteiger partial charge in [0, 0.05) is 37.1 Å². The number of ether oxygens (including phenoxy) is 1. The predicted octanol–water partition coefficient (Wildman–Crippen LogP) is 2.32. The monoisotopic (exact) mass is 355 g/mol. The summed E-state index contributed by atoms with van der Waals surface area (Å²) in [6, 6.07) is 9.74. The molecule has 2 aromatic rings. The second-order valence-electron chi connectivity index (χ2n) is 7.24. The Hall–Kier alpha value is -2.34. The van der Waals surface area contributed by atoms with Gasteiger partial charge in [-0.3, -0.25) is 9.59 Å². The summed E-state index contributed by atoms with van der Waals surface area (Å²) in [5, 5.41) is 4.03. The molecular formula is C20H25N3O3. The van der Waals surface area contributed by atoms with Crippen LogP contribution in [0, 0.1) is 5.92 Å². The van der Waals surface area contributed by atoms with Gasteiger partial charge in [-0.25, -0.2) is 0 Å². The van der Waals surface area contributed by atoms with Crippen molar-refractivity contribution in [2.45, 2.75) is 31.8 Å². The number of carbonyl (C=O) groups is 2. The lowest BCUT2D eigenvalue weighted by Gasteiger charge is -2.32. The Morgan fingerprint density at radius 1 is 1.23 bits per heavy atom. The van der Waals surface area contributed by atoms with Gasteiger partial charge in [-0.05, 0) is 37.8 Å². The Morgan fingerprint density at radius 3 is 2.92 bits per heavy atom. The molecule has 1 aromatic heterocycles. The van der Waals surface area contributed by atoms with Crippen LogP contribution in [0.15, 0.2) is 30.3 Å². The van der Waals surface area contributed by atoms with Gasteiger partial charge in [0.25, 0.3) is 5.91 Å². The van der Waals surface area contributed by atoms with E-state index < -0.39 is 0 Å². The number of aromatic nitrogens is 1. The molecule has 0 aliphatic carbocycles. The highest BCUT2D eigenvalue weighted by Crippen LogP contribution is 2.21. The first-order valence-corrected chi connectivity index (χ1v) is 9.47. The molecule has 0 bridgehead atoms. The molecular weight excluding hydrogens is 330 g/mol. The Kier molecular flexibility index (Phi) is 4.93. The zero-order valence-electron chi connectivity index (χ0n) is 14.9. The van der Waals surface area contributed by atoms with E-state index in [9.17, 15) is 9.59 Å².